The molecule has 0 fully saturated rings. The first-order chi connectivity index (χ1) is 12.3. The predicted molar refractivity (Wildman–Crippen MR) is 105 cm³/mol. The van der Waals surface area contributed by atoms with Gasteiger partial charge in [-0.15, -0.1) is 0 Å². The number of ether oxygens (including phenoxy) is 1. The van der Waals surface area contributed by atoms with Crippen LogP contribution in [0.25, 0.3) is 0 Å². The van der Waals surface area contributed by atoms with Gasteiger partial charge in [0.05, 0.1) is 0 Å². The molecule has 0 rings (SSSR count). The summed E-state index contributed by atoms with van der Waals surface area (Å²) in [6, 6.07) is 0. The second-order valence-electron chi connectivity index (χ2n) is 7.23. The second-order valence-corrected chi connectivity index (χ2v) is 7.23. The minimum Gasteiger partial charge on any atom is -0.444 e. The monoisotopic (exact) mass is 373 g/mol. The Balaban J connectivity index is 3.33. The molecule has 0 saturated heterocycles. The molecular weight excluding hydrogens is 334 g/mol. The molecule has 8 heteroatoms. The second kappa shape index (κ2) is 15.8. The van der Waals surface area contributed by atoms with E-state index in [9.17, 15) is 9.59 Å². The summed E-state index contributed by atoms with van der Waals surface area (Å²) in [6.07, 6.45) is 3.96. The van der Waals surface area contributed by atoms with E-state index in [1.807, 2.05) is 0 Å². The van der Waals surface area contributed by atoms with Gasteiger partial charge in [-0.1, -0.05) is 0 Å². The van der Waals surface area contributed by atoms with Crippen LogP contribution in [0.2, 0.25) is 0 Å². The van der Waals surface area contributed by atoms with Gasteiger partial charge in [-0.05, 0) is 79.2 Å². The average Bonchev–Trinajstić information content (AvgIpc) is 2.54. The van der Waals surface area contributed by atoms with Crippen molar-refractivity contribution in [1.29, 1.82) is 0 Å². The molecule has 0 aromatic heterocycles. The molecule has 154 valence electrons. The number of nitrogens with one attached hydrogen (secondary N) is 4. The number of hydrogen-bond acceptors (Lipinski definition) is 6. The van der Waals surface area contributed by atoms with Crippen molar-refractivity contribution in [1.82, 2.24) is 21.3 Å². The molecule has 0 atom stereocenters. The summed E-state index contributed by atoms with van der Waals surface area (Å²) in [5.74, 6) is -0.0652. The first-order valence-electron chi connectivity index (χ1n) is 9.70. The SMILES string of the molecule is CC(C)(C)OC(=O)NCCC(=O)NCCCNCCCCNCCCN. The van der Waals surface area contributed by atoms with E-state index in [2.05, 4.69) is 21.3 Å². The van der Waals surface area contributed by atoms with Crippen molar-refractivity contribution in [2.24, 2.45) is 5.73 Å². The molecule has 8 nitrogen and oxygen atoms in total. The fraction of sp³-hybridized carbons (Fsp3) is 0.889. The van der Waals surface area contributed by atoms with Crippen LogP contribution in [0.5, 0.6) is 0 Å². The van der Waals surface area contributed by atoms with E-state index in [4.69, 9.17) is 10.5 Å². The minimum absolute atomic E-state index is 0.0652. The summed E-state index contributed by atoms with van der Waals surface area (Å²) in [4.78, 5) is 23.1. The molecule has 0 spiro atoms. The van der Waals surface area contributed by atoms with Crippen molar-refractivity contribution in [2.75, 3.05) is 45.8 Å². The summed E-state index contributed by atoms with van der Waals surface area (Å²) in [6.45, 7) is 11.0. The van der Waals surface area contributed by atoms with Gasteiger partial charge in [0.1, 0.15) is 5.60 Å². The Kier molecular flexibility index (Phi) is 15.0. The number of hydrogen-bond donors (Lipinski definition) is 5. The number of alkyl carbamates (subject to hydrolysis) is 1. The summed E-state index contributed by atoms with van der Waals surface area (Å²) in [7, 11) is 0. The van der Waals surface area contributed by atoms with Crippen molar-refractivity contribution in [2.45, 2.75) is 58.5 Å². The average molecular weight is 374 g/mol. The number of amides is 2. The molecular formula is C18H39N5O3. The topological polar surface area (TPSA) is 118 Å². The van der Waals surface area contributed by atoms with Crippen LogP contribution in [0.4, 0.5) is 4.79 Å². The lowest BCUT2D eigenvalue weighted by Gasteiger charge is -2.19. The Hall–Kier alpha value is -1.38. The smallest absolute Gasteiger partial charge is 0.407 e. The zero-order valence-electron chi connectivity index (χ0n) is 16.8. The quantitative estimate of drug-likeness (QED) is 0.270. The van der Waals surface area contributed by atoms with Gasteiger partial charge in [0, 0.05) is 19.5 Å². The molecule has 0 radical (unpaired) electrons. The standard InChI is InChI=1S/C18H39N5O3/c1-18(2,3)26-17(25)23-15-8-16(24)22-14-7-13-21-11-5-4-10-20-12-6-9-19/h20-21H,4-15,19H2,1-3H3,(H,22,24)(H,23,25). The number of nitrogens with two attached hydrogens (primary N) is 1. The van der Waals surface area contributed by atoms with E-state index in [1.165, 1.54) is 0 Å². The number of carbonyl (C=O) groups excluding carboxylic acids is 2. The fourth-order valence-electron chi connectivity index (χ4n) is 2.10. The van der Waals surface area contributed by atoms with Crippen LogP contribution < -0.4 is 27.0 Å². The van der Waals surface area contributed by atoms with Crippen LogP contribution in [0, 0.1) is 0 Å². The lowest BCUT2D eigenvalue weighted by Crippen LogP contribution is -2.35. The highest BCUT2D eigenvalue weighted by atomic mass is 16.6. The molecule has 0 aromatic carbocycles. The molecule has 26 heavy (non-hydrogen) atoms. The van der Waals surface area contributed by atoms with Crippen molar-refractivity contribution in [3.05, 3.63) is 0 Å². The third-order valence-corrected chi connectivity index (χ3v) is 3.39. The molecule has 6 N–H and O–H groups in total. The maximum Gasteiger partial charge on any atom is 0.407 e. The Morgan fingerprint density at radius 3 is 1.96 bits per heavy atom. The first-order valence-corrected chi connectivity index (χ1v) is 9.70. The Morgan fingerprint density at radius 1 is 0.808 bits per heavy atom. The fourth-order valence-corrected chi connectivity index (χ4v) is 2.10. The Bertz CT molecular complexity index is 372. The summed E-state index contributed by atoms with van der Waals surface area (Å²) < 4.78 is 5.10. The van der Waals surface area contributed by atoms with Gasteiger partial charge in [-0.3, -0.25) is 4.79 Å². The summed E-state index contributed by atoms with van der Waals surface area (Å²) >= 11 is 0. The lowest BCUT2D eigenvalue weighted by atomic mass is 10.2. The number of unbranched alkanes of at least 4 members (excludes halogenated alkanes) is 1. The molecule has 0 unspecified atom stereocenters. The van der Waals surface area contributed by atoms with Gasteiger partial charge in [-0.25, -0.2) is 4.79 Å². The van der Waals surface area contributed by atoms with Gasteiger partial charge in [-0.2, -0.15) is 0 Å². The highest BCUT2D eigenvalue weighted by Crippen LogP contribution is 2.06. The van der Waals surface area contributed by atoms with Crippen LogP contribution in [0.1, 0.15) is 52.9 Å². The molecule has 0 aliphatic heterocycles. The highest BCUT2D eigenvalue weighted by Gasteiger charge is 2.15. The maximum absolute atomic E-state index is 11.7. The molecule has 0 aliphatic carbocycles. The zero-order valence-corrected chi connectivity index (χ0v) is 16.8. The minimum atomic E-state index is -0.527. The van der Waals surface area contributed by atoms with Gasteiger partial charge < -0.3 is 31.7 Å². The van der Waals surface area contributed by atoms with Crippen LogP contribution in [-0.4, -0.2) is 63.4 Å². The molecule has 0 bridgehead atoms. The van der Waals surface area contributed by atoms with Gasteiger partial charge in [0.15, 0.2) is 0 Å². The highest BCUT2D eigenvalue weighted by molar-refractivity contribution is 5.76. The van der Waals surface area contributed by atoms with Crippen LogP contribution in [-0.2, 0) is 9.53 Å². The van der Waals surface area contributed by atoms with Crippen molar-refractivity contribution in [3.8, 4) is 0 Å². The van der Waals surface area contributed by atoms with Gasteiger partial charge in [0.2, 0.25) is 5.91 Å². The largest absolute Gasteiger partial charge is 0.444 e. The molecule has 0 aliphatic rings. The molecule has 0 saturated carbocycles. The lowest BCUT2D eigenvalue weighted by molar-refractivity contribution is -0.120. The van der Waals surface area contributed by atoms with E-state index >= 15 is 0 Å². The van der Waals surface area contributed by atoms with Crippen molar-refractivity contribution < 1.29 is 14.3 Å². The maximum atomic E-state index is 11.7. The van der Waals surface area contributed by atoms with E-state index in [0.717, 1.165) is 58.4 Å². The van der Waals surface area contributed by atoms with E-state index < -0.39 is 11.7 Å². The van der Waals surface area contributed by atoms with Crippen LogP contribution in [0.15, 0.2) is 0 Å². The first kappa shape index (κ1) is 24.6. The van der Waals surface area contributed by atoms with Crippen molar-refractivity contribution in [3.63, 3.8) is 0 Å². The predicted octanol–water partition coefficient (Wildman–Crippen LogP) is 0.716. The van der Waals surface area contributed by atoms with E-state index in [0.29, 0.717) is 6.54 Å². The van der Waals surface area contributed by atoms with Gasteiger partial charge >= 0.3 is 6.09 Å². The number of rotatable bonds is 15. The number of carbonyl (C=O) groups is 2. The normalized spacial score (nSPS) is 11.2. The van der Waals surface area contributed by atoms with Gasteiger partial charge in [0.25, 0.3) is 0 Å². The molecule has 0 heterocycles. The van der Waals surface area contributed by atoms with Crippen molar-refractivity contribution >= 4 is 12.0 Å². The van der Waals surface area contributed by atoms with Crippen LogP contribution in [0.3, 0.4) is 0 Å². The van der Waals surface area contributed by atoms with E-state index in [-0.39, 0.29) is 18.9 Å². The molecule has 2 amide bonds. The zero-order chi connectivity index (χ0) is 19.7. The summed E-state index contributed by atoms with van der Waals surface area (Å²) in [5.41, 5.74) is 4.90. The summed E-state index contributed by atoms with van der Waals surface area (Å²) in [5, 5.41) is 12.1. The molecule has 0 aromatic rings. The Morgan fingerprint density at radius 2 is 1.38 bits per heavy atom. The van der Waals surface area contributed by atoms with Crippen LogP contribution >= 0.6 is 0 Å². The third-order valence-electron chi connectivity index (χ3n) is 3.39. The Labute approximate surface area is 158 Å². The third kappa shape index (κ3) is 19.0. The van der Waals surface area contributed by atoms with E-state index in [1.54, 1.807) is 20.8 Å².